The number of anilines is 1. The number of carbonyl (C=O) groups is 3. The van der Waals surface area contributed by atoms with E-state index in [2.05, 4.69) is 4.90 Å². The van der Waals surface area contributed by atoms with Crippen molar-refractivity contribution in [1.29, 1.82) is 0 Å². The van der Waals surface area contributed by atoms with Gasteiger partial charge in [-0.3, -0.25) is 19.3 Å². The highest BCUT2D eigenvalue weighted by atomic mass is 16.5. The van der Waals surface area contributed by atoms with Crippen LogP contribution in [0.2, 0.25) is 0 Å². The zero-order chi connectivity index (χ0) is 27.7. The number of likely N-dealkylation sites (tertiary alicyclic amines) is 1. The monoisotopic (exact) mass is 546 g/mol. The molecule has 4 aliphatic heterocycles. The SMILES string of the molecule is CN1CCCOc2cccc(c2)[C@@H]2N(C(=O)CCCN3CCOCC3)CC[C@]23C(=O)N(CC1=O)c1ccccc13. The summed E-state index contributed by atoms with van der Waals surface area (Å²) in [6, 6.07) is 15.2. The lowest BCUT2D eigenvalue weighted by Gasteiger charge is -2.35. The highest BCUT2D eigenvalue weighted by Gasteiger charge is 2.61. The molecule has 2 aromatic carbocycles. The third-order valence-corrected chi connectivity index (χ3v) is 8.92. The highest BCUT2D eigenvalue weighted by Crippen LogP contribution is 2.57. The first-order valence-electron chi connectivity index (χ1n) is 14.5. The normalized spacial score (nSPS) is 25.3. The van der Waals surface area contributed by atoms with Gasteiger partial charge in [-0.1, -0.05) is 30.3 Å². The minimum atomic E-state index is -0.960. The second-order valence-electron chi connectivity index (χ2n) is 11.3. The fraction of sp³-hybridized carbons (Fsp3) is 0.516. The van der Waals surface area contributed by atoms with Crippen molar-refractivity contribution in [3.63, 3.8) is 0 Å². The van der Waals surface area contributed by atoms with Gasteiger partial charge in [-0.2, -0.15) is 0 Å². The van der Waals surface area contributed by atoms with Crippen molar-refractivity contribution < 1.29 is 23.9 Å². The molecule has 6 rings (SSSR count). The number of rotatable bonds is 4. The summed E-state index contributed by atoms with van der Waals surface area (Å²) in [5, 5.41) is 0. The Morgan fingerprint density at radius 1 is 1.00 bits per heavy atom. The maximum absolute atomic E-state index is 14.5. The van der Waals surface area contributed by atoms with Gasteiger partial charge in [0.2, 0.25) is 17.7 Å². The third-order valence-electron chi connectivity index (χ3n) is 8.92. The van der Waals surface area contributed by atoms with E-state index in [-0.39, 0.29) is 24.3 Å². The van der Waals surface area contributed by atoms with Crippen molar-refractivity contribution in [3.8, 4) is 5.75 Å². The van der Waals surface area contributed by atoms with Crippen molar-refractivity contribution in [2.75, 3.05) is 71.0 Å². The van der Waals surface area contributed by atoms with Crippen LogP contribution in [-0.2, 0) is 24.5 Å². The van der Waals surface area contributed by atoms with Crippen molar-refractivity contribution in [2.45, 2.75) is 37.1 Å². The molecule has 2 atom stereocenters. The number of benzene rings is 2. The van der Waals surface area contributed by atoms with Gasteiger partial charge in [-0.25, -0.2) is 0 Å². The summed E-state index contributed by atoms with van der Waals surface area (Å²) < 4.78 is 11.5. The lowest BCUT2D eigenvalue weighted by molar-refractivity contribution is -0.135. The Morgan fingerprint density at radius 2 is 1.82 bits per heavy atom. The van der Waals surface area contributed by atoms with E-state index in [9.17, 15) is 14.4 Å². The fourth-order valence-electron chi connectivity index (χ4n) is 6.85. The summed E-state index contributed by atoms with van der Waals surface area (Å²) in [7, 11) is 1.77. The van der Waals surface area contributed by atoms with Crippen LogP contribution >= 0.6 is 0 Å². The Kier molecular flexibility index (Phi) is 7.51. The van der Waals surface area contributed by atoms with Crippen molar-refractivity contribution in [2.24, 2.45) is 0 Å². The topological polar surface area (TPSA) is 82.6 Å². The number of morpholine rings is 1. The molecule has 0 aliphatic carbocycles. The summed E-state index contributed by atoms with van der Waals surface area (Å²) in [4.78, 5) is 49.2. The van der Waals surface area contributed by atoms with Crippen LogP contribution < -0.4 is 9.64 Å². The second kappa shape index (κ2) is 11.2. The van der Waals surface area contributed by atoms with E-state index in [0.29, 0.717) is 44.7 Å². The number of amides is 3. The predicted octanol–water partition coefficient (Wildman–Crippen LogP) is 2.60. The molecule has 212 valence electrons. The maximum Gasteiger partial charge on any atom is 0.242 e. The van der Waals surface area contributed by atoms with Gasteiger partial charge in [0.15, 0.2) is 0 Å². The first kappa shape index (κ1) is 26.8. The van der Waals surface area contributed by atoms with Crippen molar-refractivity contribution in [3.05, 3.63) is 59.7 Å². The first-order valence-corrected chi connectivity index (χ1v) is 14.5. The molecule has 9 heteroatoms. The number of fused-ring (bicyclic) bond motifs is 6. The Labute approximate surface area is 235 Å². The van der Waals surface area contributed by atoms with E-state index in [0.717, 1.165) is 56.1 Å². The quantitative estimate of drug-likeness (QED) is 0.587. The van der Waals surface area contributed by atoms with Crippen LogP contribution in [0.4, 0.5) is 5.69 Å². The number of ether oxygens (including phenoxy) is 2. The molecule has 2 aromatic rings. The molecular formula is C31H38N4O5. The summed E-state index contributed by atoms with van der Waals surface area (Å²) >= 11 is 0. The van der Waals surface area contributed by atoms with Gasteiger partial charge in [0.25, 0.3) is 0 Å². The lowest BCUT2D eigenvalue weighted by Crippen LogP contribution is -2.48. The molecule has 4 aliphatic rings. The van der Waals surface area contributed by atoms with Gasteiger partial charge in [-0.05, 0) is 55.1 Å². The molecule has 1 spiro atoms. The maximum atomic E-state index is 14.5. The van der Waals surface area contributed by atoms with Crippen LogP contribution in [0.15, 0.2) is 48.5 Å². The summed E-state index contributed by atoms with van der Waals surface area (Å²) in [5.74, 6) is 0.553. The van der Waals surface area contributed by atoms with Gasteiger partial charge in [0, 0.05) is 45.3 Å². The van der Waals surface area contributed by atoms with Crippen LogP contribution in [0.25, 0.3) is 0 Å². The van der Waals surface area contributed by atoms with E-state index in [4.69, 9.17) is 9.47 Å². The standard InChI is InChI=1S/C31H38N4O5/c1-32-13-6-18-40-24-8-4-7-23(21-24)29-31(25-9-2-3-10-26(25)35(30(31)38)22-28(32)37)12-15-34(29)27(36)11-5-14-33-16-19-39-20-17-33/h2-4,7-10,21,29H,5-6,11-20,22H2,1H3/t29-,31+/m0/s1. The molecular weight excluding hydrogens is 508 g/mol. The molecule has 2 fully saturated rings. The minimum absolute atomic E-state index is 0.0186. The van der Waals surface area contributed by atoms with Gasteiger partial charge < -0.3 is 24.2 Å². The number of nitrogens with zero attached hydrogens (tertiary/aromatic N) is 4. The lowest BCUT2D eigenvalue weighted by atomic mass is 9.72. The second-order valence-corrected chi connectivity index (χ2v) is 11.3. The summed E-state index contributed by atoms with van der Waals surface area (Å²) in [6.07, 6.45) is 2.37. The van der Waals surface area contributed by atoms with Gasteiger partial charge >= 0.3 is 0 Å². The van der Waals surface area contributed by atoms with Gasteiger partial charge in [0.1, 0.15) is 17.7 Å². The summed E-state index contributed by atoms with van der Waals surface area (Å²) in [5.41, 5.74) is 1.59. The van der Waals surface area contributed by atoms with E-state index in [1.807, 2.05) is 53.4 Å². The van der Waals surface area contributed by atoms with E-state index < -0.39 is 11.5 Å². The summed E-state index contributed by atoms with van der Waals surface area (Å²) in [6.45, 7) is 5.60. The smallest absolute Gasteiger partial charge is 0.242 e. The molecule has 0 radical (unpaired) electrons. The fourth-order valence-corrected chi connectivity index (χ4v) is 6.85. The molecule has 9 nitrogen and oxygen atoms in total. The van der Waals surface area contributed by atoms with Crippen LogP contribution in [0.5, 0.6) is 5.75 Å². The zero-order valence-corrected chi connectivity index (χ0v) is 23.2. The number of carbonyl (C=O) groups excluding carboxylic acids is 3. The Bertz CT molecular complexity index is 1280. The molecule has 0 aromatic heterocycles. The highest BCUT2D eigenvalue weighted by molar-refractivity contribution is 6.12. The molecule has 0 unspecified atom stereocenters. The minimum Gasteiger partial charge on any atom is -0.494 e. The molecule has 4 bridgehead atoms. The van der Waals surface area contributed by atoms with Crippen molar-refractivity contribution >= 4 is 23.4 Å². The molecule has 0 saturated carbocycles. The van der Waals surface area contributed by atoms with Crippen LogP contribution in [-0.4, -0.2) is 98.6 Å². The number of likely N-dealkylation sites (N-methyl/N-ethyl adjacent to an activating group) is 1. The van der Waals surface area contributed by atoms with Gasteiger partial charge in [0.05, 0.1) is 25.9 Å². The molecule has 4 heterocycles. The van der Waals surface area contributed by atoms with Crippen LogP contribution in [0.3, 0.4) is 0 Å². The van der Waals surface area contributed by atoms with E-state index >= 15 is 0 Å². The Morgan fingerprint density at radius 3 is 2.67 bits per heavy atom. The number of hydrogen-bond donors (Lipinski definition) is 0. The Balaban J connectivity index is 1.38. The van der Waals surface area contributed by atoms with Crippen LogP contribution in [0, 0.1) is 0 Å². The van der Waals surface area contributed by atoms with Crippen LogP contribution in [0.1, 0.15) is 42.9 Å². The average Bonchev–Trinajstić information content (AvgIpc) is 3.49. The average molecular weight is 547 g/mol. The largest absolute Gasteiger partial charge is 0.494 e. The molecule has 40 heavy (non-hydrogen) atoms. The molecule has 2 saturated heterocycles. The van der Waals surface area contributed by atoms with Crippen molar-refractivity contribution in [1.82, 2.24) is 14.7 Å². The third kappa shape index (κ3) is 4.75. The van der Waals surface area contributed by atoms with Gasteiger partial charge in [-0.15, -0.1) is 0 Å². The van der Waals surface area contributed by atoms with E-state index in [1.165, 1.54) is 0 Å². The predicted molar refractivity (Wildman–Crippen MR) is 150 cm³/mol. The zero-order valence-electron chi connectivity index (χ0n) is 23.2. The first-order chi connectivity index (χ1) is 19.5. The Hall–Kier alpha value is -3.43. The number of hydrogen-bond acceptors (Lipinski definition) is 6. The molecule has 0 N–H and O–H groups in total. The van der Waals surface area contributed by atoms with E-state index in [1.54, 1.807) is 16.8 Å². The molecule has 3 amide bonds. The number of para-hydroxylation sites is 1.